The van der Waals surface area contributed by atoms with E-state index >= 15 is 0 Å². The third-order valence-electron chi connectivity index (χ3n) is 6.31. The van der Waals surface area contributed by atoms with Gasteiger partial charge in [0.05, 0.1) is 33.1 Å². The van der Waals surface area contributed by atoms with Gasteiger partial charge in [0.2, 0.25) is 0 Å². The number of aliphatic carboxylic acids is 1. The van der Waals surface area contributed by atoms with Crippen LogP contribution in [0.1, 0.15) is 27.1 Å². The van der Waals surface area contributed by atoms with E-state index in [1.165, 1.54) is 17.2 Å². The number of carbonyl (C=O) groups is 3. The number of carboxylic acids is 1. The first kappa shape index (κ1) is 25.8. The van der Waals surface area contributed by atoms with Crippen LogP contribution in [0.2, 0.25) is 0 Å². The number of nitrogens with one attached hydrogen (secondary N) is 1. The number of benzene rings is 4. The molecule has 0 spiro atoms. The molecule has 7 nitrogen and oxygen atoms in total. The highest BCUT2D eigenvalue weighted by atomic mass is 32.2. The van der Waals surface area contributed by atoms with Crippen LogP contribution < -0.4 is 10.2 Å². The fourth-order valence-corrected chi connectivity index (χ4v) is 5.82. The molecule has 4 aromatic carbocycles. The summed E-state index contributed by atoms with van der Waals surface area (Å²) in [6, 6.07) is 30.3. The van der Waals surface area contributed by atoms with Crippen molar-refractivity contribution in [1.82, 2.24) is 0 Å². The van der Waals surface area contributed by atoms with Crippen molar-refractivity contribution in [2.75, 3.05) is 10.2 Å². The van der Waals surface area contributed by atoms with E-state index in [0.717, 1.165) is 11.1 Å². The maximum atomic E-state index is 13.5. The first-order valence-electron chi connectivity index (χ1n) is 12.2. The molecule has 2 unspecified atom stereocenters. The lowest BCUT2D eigenvalue weighted by molar-refractivity contribution is -0.136. The van der Waals surface area contributed by atoms with Crippen molar-refractivity contribution >= 4 is 40.0 Å². The average molecular weight is 537 g/mol. The normalized spacial score (nSPS) is 16.2. The van der Waals surface area contributed by atoms with Gasteiger partial charge >= 0.3 is 5.97 Å². The minimum Gasteiger partial charge on any atom is -0.481 e. The molecular formula is C31H24N2O5S. The highest BCUT2D eigenvalue weighted by Crippen LogP contribution is 2.32. The van der Waals surface area contributed by atoms with E-state index in [9.17, 15) is 23.7 Å². The third-order valence-corrected chi connectivity index (χ3v) is 7.96. The van der Waals surface area contributed by atoms with Gasteiger partial charge in [-0.25, -0.2) is 0 Å². The highest BCUT2D eigenvalue weighted by Gasteiger charge is 2.28. The maximum absolute atomic E-state index is 13.5. The molecule has 0 fully saturated rings. The zero-order chi connectivity index (χ0) is 27.4. The van der Waals surface area contributed by atoms with E-state index in [4.69, 9.17) is 0 Å². The summed E-state index contributed by atoms with van der Waals surface area (Å²) >= 11 is 0. The quantitative estimate of drug-likeness (QED) is 0.328. The molecule has 1 aliphatic heterocycles. The van der Waals surface area contributed by atoms with Gasteiger partial charge in [-0.2, -0.15) is 0 Å². The summed E-state index contributed by atoms with van der Waals surface area (Å²) < 4.78 is 13.1. The number of amides is 2. The van der Waals surface area contributed by atoms with Gasteiger partial charge in [0, 0.05) is 23.0 Å². The first-order valence-corrected chi connectivity index (χ1v) is 13.4. The topological polar surface area (TPSA) is 104 Å². The van der Waals surface area contributed by atoms with Crippen molar-refractivity contribution in [3.63, 3.8) is 0 Å². The second kappa shape index (κ2) is 11.3. The Morgan fingerprint density at radius 2 is 1.49 bits per heavy atom. The van der Waals surface area contributed by atoms with Crippen LogP contribution in [0.4, 0.5) is 11.4 Å². The molecule has 2 atom stereocenters. The highest BCUT2D eigenvalue weighted by molar-refractivity contribution is 7.86. The van der Waals surface area contributed by atoms with Crippen LogP contribution in [-0.2, 0) is 15.6 Å². The lowest BCUT2D eigenvalue weighted by Crippen LogP contribution is -2.25. The molecule has 2 amide bonds. The molecule has 4 aromatic rings. The fourth-order valence-electron chi connectivity index (χ4n) is 4.40. The van der Waals surface area contributed by atoms with E-state index in [0.29, 0.717) is 27.4 Å². The number of carboxylic acid groups (broad SMARTS) is 1. The molecule has 39 heavy (non-hydrogen) atoms. The first-order chi connectivity index (χ1) is 18.9. The van der Waals surface area contributed by atoms with Crippen LogP contribution in [-0.4, -0.2) is 32.3 Å². The number of carbonyl (C=O) groups excluding carboxylic acids is 2. The molecule has 0 saturated carbocycles. The summed E-state index contributed by atoms with van der Waals surface area (Å²) in [5.74, 6) is -1.72. The summed E-state index contributed by atoms with van der Waals surface area (Å²) in [7, 11) is -1.64. The fraction of sp³-hybridized carbons (Fsp3) is 0.0645. The lowest BCUT2D eigenvalue weighted by Gasteiger charge is -2.20. The molecular weight excluding hydrogens is 512 g/mol. The molecule has 8 heteroatoms. The van der Waals surface area contributed by atoms with Crippen molar-refractivity contribution in [2.45, 2.75) is 16.6 Å². The van der Waals surface area contributed by atoms with Gasteiger partial charge in [-0.05, 0) is 53.6 Å². The van der Waals surface area contributed by atoms with E-state index in [2.05, 4.69) is 5.32 Å². The van der Waals surface area contributed by atoms with Gasteiger partial charge in [-0.1, -0.05) is 66.7 Å². The van der Waals surface area contributed by atoms with Crippen molar-refractivity contribution in [3.05, 3.63) is 127 Å². The second-order valence-electron chi connectivity index (χ2n) is 8.86. The molecule has 194 valence electrons. The number of fused-ring (bicyclic) bond motifs is 1. The Morgan fingerprint density at radius 3 is 2.23 bits per heavy atom. The third kappa shape index (κ3) is 5.56. The maximum Gasteiger partial charge on any atom is 0.304 e. The van der Waals surface area contributed by atoms with Crippen molar-refractivity contribution in [2.24, 2.45) is 0 Å². The predicted octanol–water partition coefficient (Wildman–Crippen LogP) is 5.73. The summed E-state index contributed by atoms with van der Waals surface area (Å²) in [6.45, 7) is 0. The Kier molecular flexibility index (Phi) is 7.47. The largest absolute Gasteiger partial charge is 0.481 e. The Labute approximate surface area is 227 Å². The molecule has 0 aromatic heterocycles. The predicted molar refractivity (Wildman–Crippen MR) is 151 cm³/mol. The molecule has 5 rings (SSSR count). The molecule has 0 bridgehead atoms. The number of anilines is 2. The Hall–Kier alpha value is -4.82. The average Bonchev–Trinajstić information content (AvgIpc) is 3.10. The van der Waals surface area contributed by atoms with E-state index in [-0.39, 0.29) is 18.2 Å². The summed E-state index contributed by atoms with van der Waals surface area (Å²) in [4.78, 5) is 39.7. The number of hydrogen-bond acceptors (Lipinski definition) is 4. The zero-order valence-electron chi connectivity index (χ0n) is 20.7. The number of hydrogen-bond donors (Lipinski definition) is 2. The van der Waals surface area contributed by atoms with Crippen LogP contribution in [0.25, 0.3) is 11.1 Å². The van der Waals surface area contributed by atoms with E-state index in [1.807, 2.05) is 48.5 Å². The van der Waals surface area contributed by atoms with Gasteiger partial charge in [0.15, 0.2) is 0 Å². The molecule has 0 radical (unpaired) electrons. The van der Waals surface area contributed by atoms with Gasteiger partial charge in [-0.3, -0.25) is 23.5 Å². The van der Waals surface area contributed by atoms with Crippen molar-refractivity contribution in [3.8, 4) is 11.1 Å². The van der Waals surface area contributed by atoms with Gasteiger partial charge < -0.3 is 10.4 Å². The SMILES string of the molecule is O=C(O)CC1C=CN(C(=O)c2ccc(NC(=O)c3ccccc3-c3ccccc3)cc2)c2ccccc2S1=O. The molecule has 1 aliphatic rings. The zero-order valence-corrected chi connectivity index (χ0v) is 21.5. The van der Waals surface area contributed by atoms with E-state index < -0.39 is 22.0 Å². The van der Waals surface area contributed by atoms with E-state index in [1.54, 1.807) is 54.6 Å². The van der Waals surface area contributed by atoms with Crippen LogP contribution in [0.3, 0.4) is 0 Å². The van der Waals surface area contributed by atoms with Crippen molar-refractivity contribution in [1.29, 1.82) is 0 Å². The minimum absolute atomic E-state index is 0.273. The van der Waals surface area contributed by atoms with Crippen LogP contribution in [0.5, 0.6) is 0 Å². The van der Waals surface area contributed by atoms with Gasteiger partial charge in [0.1, 0.15) is 0 Å². The standard InChI is InChI=1S/C31H24N2O5S/c34-29(35)20-24-18-19-33(27-12-6-7-13-28(27)39(24)38)31(37)22-14-16-23(17-15-22)32-30(36)26-11-5-4-10-25(26)21-8-2-1-3-9-21/h1-19,24H,20H2,(H,32,36)(H,34,35). The van der Waals surface area contributed by atoms with Crippen LogP contribution in [0.15, 0.2) is 120 Å². The number of nitrogens with zero attached hydrogens (tertiary/aromatic N) is 1. The van der Waals surface area contributed by atoms with Gasteiger partial charge in [-0.15, -0.1) is 0 Å². The Balaban J connectivity index is 1.37. The Morgan fingerprint density at radius 1 is 0.821 bits per heavy atom. The summed E-state index contributed by atoms with van der Waals surface area (Å²) in [5, 5.41) is 11.4. The lowest BCUT2D eigenvalue weighted by atomic mass is 9.99. The Bertz CT molecular complexity index is 1600. The monoisotopic (exact) mass is 536 g/mol. The minimum atomic E-state index is -1.64. The molecule has 0 saturated heterocycles. The molecule has 0 aliphatic carbocycles. The second-order valence-corrected chi connectivity index (χ2v) is 10.5. The van der Waals surface area contributed by atoms with Crippen LogP contribution >= 0.6 is 0 Å². The number of para-hydroxylation sites is 1. The van der Waals surface area contributed by atoms with Crippen LogP contribution in [0, 0.1) is 0 Å². The summed E-state index contributed by atoms with van der Waals surface area (Å²) in [6.07, 6.45) is 2.66. The van der Waals surface area contributed by atoms with Gasteiger partial charge in [0.25, 0.3) is 11.8 Å². The molecule has 1 heterocycles. The van der Waals surface area contributed by atoms with Crippen molar-refractivity contribution < 1.29 is 23.7 Å². The number of rotatable bonds is 6. The smallest absolute Gasteiger partial charge is 0.304 e. The summed E-state index contributed by atoms with van der Waals surface area (Å²) in [5.41, 5.74) is 3.57. The molecule has 2 N–H and O–H groups in total.